The summed E-state index contributed by atoms with van der Waals surface area (Å²) in [4.78, 5) is 19.9. The maximum absolute atomic E-state index is 11.0. The van der Waals surface area contributed by atoms with Gasteiger partial charge >= 0.3 is 23.0 Å². The molecule has 0 saturated carbocycles. The predicted octanol–water partition coefficient (Wildman–Crippen LogP) is 2.47. The number of aliphatic carboxylic acids is 1. The minimum absolute atomic E-state index is 0. The molecule has 0 spiro atoms. The maximum Gasteiger partial charge on any atom is 1.00 e. The predicted molar refractivity (Wildman–Crippen MR) is 73.9 cm³/mol. The molecule has 0 amide bonds. The first-order chi connectivity index (χ1) is 9.18. The topological polar surface area (TPSA) is 75.7 Å². The molecule has 5 nitrogen and oxygen atoms in total. The zero-order valence-electron chi connectivity index (χ0n) is 10.8. The van der Waals surface area contributed by atoms with Gasteiger partial charge in [0, 0.05) is 12.0 Å². The normalized spacial score (nSPS) is 8.62. The number of carbonyl (C=O) groups is 2. The van der Waals surface area contributed by atoms with Crippen molar-refractivity contribution in [2.24, 2.45) is 0 Å². The van der Waals surface area contributed by atoms with Crippen LogP contribution in [-0.4, -0.2) is 19.0 Å². The summed E-state index contributed by atoms with van der Waals surface area (Å²) in [6, 6.07) is 2.80. The molecule has 0 fully saturated rings. The number of ether oxygens (including phenoxy) is 2. The molecule has 21 heavy (non-hydrogen) atoms. The van der Waals surface area contributed by atoms with Gasteiger partial charge in [-0.2, -0.15) is 0 Å². The number of carboxylic acids is 1. The van der Waals surface area contributed by atoms with Crippen molar-refractivity contribution >= 4 is 46.7 Å². The summed E-state index contributed by atoms with van der Waals surface area (Å²) < 4.78 is 9.50. The standard InChI is InChI=1S/C10H7Cl3O3.C2H4O2.Cu/c1-5(10(14)15-2)16-9-4-7(12)6(11)3-8(9)13;1-2(3)4;/h3-4H,1H2,2H3;1H3,(H,3,4);/q;;+1/p-1. The number of esters is 1. The van der Waals surface area contributed by atoms with Crippen LogP contribution < -0.4 is 9.84 Å². The van der Waals surface area contributed by atoms with Gasteiger partial charge in [0.25, 0.3) is 0 Å². The molecule has 1 rings (SSSR count). The SMILES string of the molecule is C=C(Oc1cc(Cl)c(Cl)cc1Cl)C(=O)OC.CC(=O)[O-].[Cu+]. The van der Waals surface area contributed by atoms with Gasteiger partial charge in [0.05, 0.1) is 22.2 Å². The summed E-state index contributed by atoms with van der Waals surface area (Å²) in [6.07, 6.45) is 0. The molecular formula is C12H10Cl3CuO5. The van der Waals surface area contributed by atoms with Crippen LogP contribution in [0.25, 0.3) is 0 Å². The number of hydrogen-bond acceptors (Lipinski definition) is 5. The summed E-state index contributed by atoms with van der Waals surface area (Å²) >= 11 is 17.3. The van der Waals surface area contributed by atoms with Crippen molar-refractivity contribution in [3.05, 3.63) is 39.5 Å². The Balaban J connectivity index is 0. The van der Waals surface area contributed by atoms with Gasteiger partial charge in [-0.05, 0) is 19.6 Å². The van der Waals surface area contributed by atoms with E-state index in [1.165, 1.54) is 19.2 Å². The molecule has 0 radical (unpaired) electrons. The Bertz CT molecular complexity index is 530. The number of methoxy groups -OCH3 is 1. The largest absolute Gasteiger partial charge is 1.00 e. The Morgan fingerprint density at radius 2 is 1.57 bits per heavy atom. The second-order valence-corrected chi connectivity index (χ2v) is 4.43. The van der Waals surface area contributed by atoms with Crippen LogP contribution in [0.3, 0.4) is 0 Å². The third-order valence-electron chi connectivity index (χ3n) is 1.62. The average molecular weight is 404 g/mol. The number of carbonyl (C=O) groups excluding carboxylic acids is 2. The van der Waals surface area contributed by atoms with Crippen molar-refractivity contribution < 1.29 is 41.2 Å². The Labute approximate surface area is 147 Å². The van der Waals surface area contributed by atoms with Crippen LogP contribution in [0.1, 0.15) is 6.92 Å². The van der Waals surface area contributed by atoms with Crippen molar-refractivity contribution in [1.82, 2.24) is 0 Å². The number of halogens is 3. The van der Waals surface area contributed by atoms with Gasteiger partial charge in [-0.1, -0.05) is 34.8 Å². The fourth-order valence-corrected chi connectivity index (χ4v) is 1.45. The van der Waals surface area contributed by atoms with E-state index in [0.717, 1.165) is 6.92 Å². The van der Waals surface area contributed by atoms with Gasteiger partial charge in [-0.3, -0.25) is 0 Å². The first-order valence-electron chi connectivity index (χ1n) is 4.96. The first-order valence-corrected chi connectivity index (χ1v) is 6.09. The summed E-state index contributed by atoms with van der Waals surface area (Å²) in [5.74, 6) is -1.78. The third-order valence-corrected chi connectivity index (χ3v) is 2.64. The molecule has 120 valence electrons. The van der Waals surface area contributed by atoms with E-state index in [9.17, 15) is 4.79 Å². The van der Waals surface area contributed by atoms with Crippen LogP contribution in [0.2, 0.25) is 15.1 Å². The molecule has 0 N–H and O–H groups in total. The monoisotopic (exact) mass is 402 g/mol. The van der Waals surface area contributed by atoms with Gasteiger partial charge < -0.3 is 19.4 Å². The third kappa shape index (κ3) is 8.86. The van der Waals surface area contributed by atoms with E-state index in [4.69, 9.17) is 49.4 Å². The van der Waals surface area contributed by atoms with Crippen molar-refractivity contribution in [1.29, 1.82) is 0 Å². The van der Waals surface area contributed by atoms with Gasteiger partial charge in [0.2, 0.25) is 5.76 Å². The average Bonchev–Trinajstić information content (AvgIpc) is 2.34. The quantitative estimate of drug-likeness (QED) is 0.255. The van der Waals surface area contributed by atoms with E-state index >= 15 is 0 Å². The molecule has 1 aromatic rings. The Morgan fingerprint density at radius 1 is 1.14 bits per heavy atom. The zero-order valence-corrected chi connectivity index (χ0v) is 14.0. The maximum atomic E-state index is 11.0. The molecule has 0 aliphatic heterocycles. The molecule has 0 heterocycles. The van der Waals surface area contributed by atoms with Crippen LogP contribution in [0.15, 0.2) is 24.5 Å². The van der Waals surface area contributed by atoms with Crippen molar-refractivity contribution in [3.63, 3.8) is 0 Å². The first kappa shape index (κ1) is 22.4. The Hall–Kier alpha value is -0.911. The molecule has 0 aliphatic carbocycles. The number of hydrogen-bond donors (Lipinski definition) is 0. The minimum Gasteiger partial charge on any atom is -0.550 e. The summed E-state index contributed by atoms with van der Waals surface area (Å²) in [5, 5.41) is 9.67. The molecule has 0 bridgehead atoms. The molecule has 0 aromatic heterocycles. The van der Waals surface area contributed by atoms with E-state index in [0.29, 0.717) is 5.02 Å². The molecule has 0 unspecified atom stereocenters. The molecular weight excluding hydrogens is 394 g/mol. The van der Waals surface area contributed by atoms with E-state index in [2.05, 4.69) is 11.3 Å². The molecule has 0 aliphatic rings. The van der Waals surface area contributed by atoms with Gasteiger partial charge in [-0.25, -0.2) is 4.79 Å². The number of carboxylic acid groups (broad SMARTS) is 1. The fraction of sp³-hybridized carbons (Fsp3) is 0.167. The summed E-state index contributed by atoms with van der Waals surface area (Å²) in [6.45, 7) is 4.35. The van der Waals surface area contributed by atoms with E-state index in [-0.39, 0.29) is 38.6 Å². The molecule has 0 saturated heterocycles. The van der Waals surface area contributed by atoms with E-state index in [1.807, 2.05) is 0 Å². The van der Waals surface area contributed by atoms with Crippen LogP contribution >= 0.6 is 34.8 Å². The summed E-state index contributed by atoms with van der Waals surface area (Å²) in [5.41, 5.74) is 0. The second-order valence-electron chi connectivity index (χ2n) is 3.21. The van der Waals surface area contributed by atoms with Crippen molar-refractivity contribution in [3.8, 4) is 5.75 Å². The zero-order chi connectivity index (χ0) is 15.9. The summed E-state index contributed by atoms with van der Waals surface area (Å²) in [7, 11) is 1.22. The second kappa shape index (κ2) is 10.8. The smallest absolute Gasteiger partial charge is 0.550 e. The molecule has 1 aromatic carbocycles. The van der Waals surface area contributed by atoms with Crippen LogP contribution in [0, 0.1) is 0 Å². The number of benzene rings is 1. The molecule has 0 atom stereocenters. The van der Waals surface area contributed by atoms with Crippen molar-refractivity contribution in [2.45, 2.75) is 6.92 Å². The fourth-order valence-electron chi connectivity index (χ4n) is 0.871. The van der Waals surface area contributed by atoms with E-state index < -0.39 is 11.9 Å². The van der Waals surface area contributed by atoms with Crippen LogP contribution in [0.4, 0.5) is 0 Å². The van der Waals surface area contributed by atoms with Crippen LogP contribution in [0.5, 0.6) is 5.75 Å². The minimum atomic E-state index is -1.08. The van der Waals surface area contributed by atoms with Gasteiger partial charge in [0.15, 0.2) is 0 Å². The Kier molecular flexibility index (Phi) is 11.5. The van der Waals surface area contributed by atoms with Crippen LogP contribution in [-0.2, 0) is 31.4 Å². The Morgan fingerprint density at radius 3 is 2.00 bits per heavy atom. The van der Waals surface area contributed by atoms with E-state index in [1.54, 1.807) is 0 Å². The van der Waals surface area contributed by atoms with Crippen molar-refractivity contribution in [2.75, 3.05) is 7.11 Å². The number of rotatable bonds is 3. The van der Waals surface area contributed by atoms with Gasteiger partial charge in [0.1, 0.15) is 5.75 Å². The molecule has 9 heteroatoms. The van der Waals surface area contributed by atoms with Gasteiger partial charge in [-0.15, -0.1) is 0 Å².